The third kappa shape index (κ3) is 16.2. The normalized spacial score (nSPS) is 19.4. The molecule has 1 aliphatic heterocycles. The van der Waals surface area contributed by atoms with E-state index in [1.807, 2.05) is 0 Å². The summed E-state index contributed by atoms with van der Waals surface area (Å²) in [6, 6.07) is 0. The van der Waals surface area contributed by atoms with Gasteiger partial charge in [-0.25, -0.2) is 9.13 Å². The number of hydrogen-bond donors (Lipinski definition) is 1. The molecule has 1 fully saturated rings. The third-order valence-corrected chi connectivity index (χ3v) is 8.40. The summed E-state index contributed by atoms with van der Waals surface area (Å²) in [5.74, 6) is 0. The van der Waals surface area contributed by atoms with Gasteiger partial charge in [-0.05, 0) is 19.3 Å². The first-order chi connectivity index (χ1) is 18.0. The lowest BCUT2D eigenvalue weighted by Crippen LogP contribution is -2.19. The van der Waals surface area contributed by atoms with Crippen LogP contribution >= 0.6 is 19.2 Å². The fraction of sp³-hybridized carbons (Fsp3) is 0.889. The van der Waals surface area contributed by atoms with Crippen LogP contribution in [-0.4, -0.2) is 41.7 Å². The van der Waals surface area contributed by atoms with Crippen molar-refractivity contribution in [2.24, 2.45) is 0 Å². The lowest BCUT2D eigenvalue weighted by molar-refractivity contribution is -0.272. The van der Waals surface area contributed by atoms with Crippen LogP contribution in [0.25, 0.3) is 0 Å². The van der Waals surface area contributed by atoms with E-state index >= 15 is 0 Å². The van der Waals surface area contributed by atoms with Crippen molar-refractivity contribution in [3.63, 3.8) is 0 Å². The fourth-order valence-corrected chi connectivity index (χ4v) is 5.92. The fourth-order valence-electron chi connectivity index (χ4n) is 4.51. The monoisotopic (exact) mass is 563 g/mol. The number of rotatable bonds is 24. The lowest BCUT2D eigenvalue weighted by Gasteiger charge is -2.15. The van der Waals surface area contributed by atoms with Gasteiger partial charge in [0.15, 0.2) is 17.9 Å². The largest absolute Gasteiger partial charge is 0.793 e. The Balaban J connectivity index is 1.36. The van der Waals surface area contributed by atoms with Crippen molar-refractivity contribution in [3.8, 4) is 5.19 Å². The van der Waals surface area contributed by atoms with E-state index < -0.39 is 7.82 Å². The van der Waals surface area contributed by atoms with Gasteiger partial charge in [-0.2, -0.15) is 0 Å². The topological polar surface area (TPSA) is 102 Å². The van der Waals surface area contributed by atoms with Crippen molar-refractivity contribution in [1.82, 2.24) is 4.57 Å². The molecule has 10 heteroatoms. The van der Waals surface area contributed by atoms with Gasteiger partial charge in [0, 0.05) is 11.3 Å². The van der Waals surface area contributed by atoms with Gasteiger partial charge in [0.1, 0.15) is 11.3 Å². The Labute approximate surface area is 228 Å². The molecule has 1 aliphatic rings. The second-order valence-corrected chi connectivity index (χ2v) is 12.4. The summed E-state index contributed by atoms with van der Waals surface area (Å²) in [7, 11) is -4.16. The molecular formula is C27H50NO7PS. The molecule has 1 N–H and O–H groups in total. The first-order valence-electron chi connectivity index (χ1n) is 14.5. The molecule has 0 aliphatic carbocycles. The van der Waals surface area contributed by atoms with Gasteiger partial charge in [0.05, 0.1) is 26.4 Å². The van der Waals surface area contributed by atoms with Crippen LogP contribution < -0.4 is 5.11 Å². The van der Waals surface area contributed by atoms with Gasteiger partial charge in [0.25, 0.3) is 0 Å². The quantitative estimate of drug-likeness (QED) is 0.0792. The van der Waals surface area contributed by atoms with Crippen molar-refractivity contribution < 1.29 is 33.1 Å². The highest BCUT2D eigenvalue weighted by molar-refractivity contribution is 7.47. The number of thiazole rings is 1. The van der Waals surface area contributed by atoms with E-state index in [-0.39, 0.29) is 30.8 Å². The Kier molecular flexibility index (Phi) is 18.0. The van der Waals surface area contributed by atoms with E-state index in [0.717, 1.165) is 24.2 Å². The second kappa shape index (κ2) is 20.4. The summed E-state index contributed by atoms with van der Waals surface area (Å²) in [4.78, 5) is 9.85. The van der Waals surface area contributed by atoms with Gasteiger partial charge in [0.2, 0.25) is 0 Å². The Morgan fingerprint density at radius 1 is 0.973 bits per heavy atom. The number of nitrogens with zero attached hydrogens (tertiary/aromatic N) is 1. The Bertz CT molecular complexity index is 735. The summed E-state index contributed by atoms with van der Waals surface area (Å²) in [6.45, 7) is 3.03. The minimum atomic E-state index is -4.16. The molecular weight excluding hydrogens is 513 g/mol. The van der Waals surface area contributed by atoms with Gasteiger partial charge < -0.3 is 19.5 Å². The van der Waals surface area contributed by atoms with Crippen LogP contribution in [0.1, 0.15) is 116 Å². The minimum Gasteiger partial charge on any atom is -0.793 e. The van der Waals surface area contributed by atoms with Crippen LogP contribution in [-0.2, 0) is 29.6 Å². The van der Waals surface area contributed by atoms with E-state index in [1.54, 1.807) is 16.1 Å². The highest BCUT2D eigenvalue weighted by Crippen LogP contribution is 2.43. The summed E-state index contributed by atoms with van der Waals surface area (Å²) in [6.07, 6.45) is 22.4. The van der Waals surface area contributed by atoms with E-state index in [2.05, 4.69) is 6.92 Å². The first kappa shape index (κ1) is 32.7. The Morgan fingerprint density at radius 3 is 2.14 bits per heavy atom. The van der Waals surface area contributed by atoms with Crippen molar-refractivity contribution in [2.75, 3.05) is 19.8 Å². The molecule has 3 atom stereocenters. The van der Waals surface area contributed by atoms with E-state index in [9.17, 15) is 14.6 Å². The molecule has 37 heavy (non-hydrogen) atoms. The maximum atomic E-state index is 12.1. The van der Waals surface area contributed by atoms with Crippen LogP contribution in [0.15, 0.2) is 11.6 Å². The molecule has 1 aromatic heterocycles. The van der Waals surface area contributed by atoms with Crippen LogP contribution in [0, 0.1) is 0 Å². The van der Waals surface area contributed by atoms with Crippen LogP contribution in [0.2, 0.25) is 0 Å². The molecule has 8 nitrogen and oxygen atoms in total. The molecule has 0 saturated carbocycles. The van der Waals surface area contributed by atoms with E-state index in [0.29, 0.717) is 19.6 Å². The third-order valence-electron chi connectivity index (χ3n) is 6.72. The zero-order valence-corrected chi connectivity index (χ0v) is 24.6. The predicted molar refractivity (Wildman–Crippen MR) is 147 cm³/mol. The number of ether oxygens (including phenoxy) is 2. The number of phosphoric ester groups is 1. The van der Waals surface area contributed by atoms with Crippen LogP contribution in [0.5, 0.6) is 5.19 Å². The smallest absolute Gasteiger partial charge is 0.472 e. The summed E-state index contributed by atoms with van der Waals surface area (Å²) in [5, 5.41) is 13.1. The number of aromatic nitrogens is 1. The van der Waals surface area contributed by atoms with Crippen molar-refractivity contribution >= 4 is 19.2 Å². The van der Waals surface area contributed by atoms with Crippen LogP contribution in [0.3, 0.4) is 0 Å². The molecule has 2 heterocycles. The maximum absolute atomic E-state index is 12.1. The van der Waals surface area contributed by atoms with Gasteiger partial charge >= 0.3 is 7.82 Å². The number of unbranched alkanes of at least 4 members (excludes halogenated alkanes) is 14. The van der Waals surface area contributed by atoms with Crippen LogP contribution in [0.4, 0.5) is 0 Å². The molecule has 2 rings (SSSR count). The zero-order valence-electron chi connectivity index (χ0n) is 22.9. The molecule has 0 aromatic carbocycles. The van der Waals surface area contributed by atoms with Crippen molar-refractivity contribution in [2.45, 2.75) is 135 Å². The SMILES string of the molecule is CCCCCCCCCCCCCCCCCC1OCC(COP(=O)(O)OCCCn2ccs[c+]2[O-])O1. The lowest BCUT2D eigenvalue weighted by atomic mass is 10.0. The Morgan fingerprint density at radius 2 is 1.57 bits per heavy atom. The molecule has 3 unspecified atom stereocenters. The van der Waals surface area contributed by atoms with Gasteiger partial charge in [-0.1, -0.05) is 96.8 Å². The van der Waals surface area contributed by atoms with Gasteiger partial charge in [-0.15, -0.1) is 0 Å². The number of phosphoric acid groups is 1. The molecule has 0 bridgehead atoms. The molecule has 0 amide bonds. The highest BCUT2D eigenvalue weighted by atomic mass is 32.1. The summed E-state index contributed by atoms with van der Waals surface area (Å²) >= 11 is 1.12. The van der Waals surface area contributed by atoms with Gasteiger partial charge in [-0.3, -0.25) is 9.05 Å². The summed E-state index contributed by atoms with van der Waals surface area (Å²) < 4.78 is 35.1. The number of hydrogen-bond acceptors (Lipinski definition) is 7. The standard InChI is InChI=1S/C27H50NO7PS/c1-2-3-4-5-6-7-8-9-10-11-12-13-14-15-16-18-26-32-23-25(35-26)24-34-36(30,31)33-21-17-19-28-20-22-37-27(28)29/h20,22,25-26H,2-19,21,23-24H2,1H3,(H,30,31). The molecule has 1 aromatic rings. The first-order valence-corrected chi connectivity index (χ1v) is 16.9. The second-order valence-electron chi connectivity index (χ2n) is 10.1. The molecule has 0 radical (unpaired) electrons. The number of aryl methyl sites for hydroxylation is 1. The summed E-state index contributed by atoms with van der Waals surface area (Å²) in [5.41, 5.74) is 0. The van der Waals surface area contributed by atoms with Crippen molar-refractivity contribution in [1.29, 1.82) is 0 Å². The zero-order chi connectivity index (χ0) is 26.6. The van der Waals surface area contributed by atoms with Crippen molar-refractivity contribution in [3.05, 3.63) is 11.6 Å². The van der Waals surface area contributed by atoms with E-state index in [1.165, 1.54) is 89.9 Å². The predicted octanol–water partition coefficient (Wildman–Crippen LogP) is 7.43. The maximum Gasteiger partial charge on any atom is 0.472 e. The molecule has 0 spiro atoms. The molecule has 216 valence electrons. The average molecular weight is 564 g/mol. The highest BCUT2D eigenvalue weighted by Gasteiger charge is 2.29. The molecule has 1 saturated heterocycles. The van der Waals surface area contributed by atoms with E-state index in [4.69, 9.17) is 18.5 Å². The average Bonchev–Trinajstić information content (AvgIpc) is 3.51. The minimum absolute atomic E-state index is 0.0277. The Hall–Kier alpha value is -0.540.